The van der Waals surface area contributed by atoms with Gasteiger partial charge in [0.1, 0.15) is 0 Å². The molecule has 0 bridgehead atoms. The van der Waals surface area contributed by atoms with Crippen LogP contribution in [-0.4, -0.2) is 32.7 Å². The topological polar surface area (TPSA) is 38.1 Å². The Labute approximate surface area is 116 Å². The fraction of sp³-hybridized carbons (Fsp3) is 0.692. The Balaban J connectivity index is 2.26. The van der Waals surface area contributed by atoms with Gasteiger partial charge in [0.2, 0.25) is 0 Å². The number of hydrogen-bond acceptors (Lipinski definition) is 2. The van der Waals surface area contributed by atoms with Gasteiger partial charge in [0, 0.05) is 24.8 Å². The van der Waals surface area contributed by atoms with Crippen molar-refractivity contribution in [2.75, 3.05) is 0 Å². The second kappa shape index (κ2) is 5.43. The molecule has 2 rings (SSSR count). The van der Waals surface area contributed by atoms with Crippen LogP contribution in [-0.2, 0) is 6.54 Å². The maximum Gasteiger partial charge on any atom is 0.276 e. The summed E-state index contributed by atoms with van der Waals surface area (Å²) >= 11 is 3.43. The summed E-state index contributed by atoms with van der Waals surface area (Å²) in [6, 6.07) is 0.611. The Morgan fingerprint density at radius 1 is 1.44 bits per heavy atom. The standard InChI is InChI=1S/C13H20BrN3O/c1-4-16-8-11(14)12(15-16)13(18)17-9(2)6-5-7-10(17)3/h8-10H,4-7H2,1-3H3/t9-,10-/m1/s1. The minimum Gasteiger partial charge on any atom is -0.332 e. The molecular weight excluding hydrogens is 294 g/mol. The first kappa shape index (κ1) is 13.6. The molecule has 18 heavy (non-hydrogen) atoms. The van der Waals surface area contributed by atoms with E-state index in [-0.39, 0.29) is 5.91 Å². The highest BCUT2D eigenvalue weighted by molar-refractivity contribution is 9.10. The van der Waals surface area contributed by atoms with Crippen molar-refractivity contribution < 1.29 is 4.79 Å². The lowest BCUT2D eigenvalue weighted by atomic mass is 9.97. The van der Waals surface area contributed by atoms with Gasteiger partial charge in [-0.05, 0) is 56.0 Å². The van der Waals surface area contributed by atoms with Gasteiger partial charge in [-0.15, -0.1) is 0 Å². The predicted octanol–water partition coefficient (Wildman–Crippen LogP) is 3.07. The fourth-order valence-electron chi connectivity index (χ4n) is 2.65. The molecule has 1 aliphatic heterocycles. The normalized spacial score (nSPS) is 24.3. The molecule has 0 aromatic carbocycles. The van der Waals surface area contributed by atoms with Gasteiger partial charge in [-0.2, -0.15) is 5.10 Å². The molecule has 5 heteroatoms. The summed E-state index contributed by atoms with van der Waals surface area (Å²) in [5.74, 6) is 0.0498. The van der Waals surface area contributed by atoms with E-state index < -0.39 is 0 Å². The third-order valence-electron chi connectivity index (χ3n) is 3.67. The molecule has 0 spiro atoms. The average Bonchev–Trinajstić information content (AvgIpc) is 2.70. The van der Waals surface area contributed by atoms with Crippen molar-refractivity contribution in [3.63, 3.8) is 0 Å². The van der Waals surface area contributed by atoms with E-state index in [0.29, 0.717) is 17.8 Å². The lowest BCUT2D eigenvalue weighted by Gasteiger charge is -2.38. The third kappa shape index (κ3) is 2.46. The number of aromatic nitrogens is 2. The number of nitrogens with zero attached hydrogens (tertiary/aromatic N) is 3. The molecule has 0 radical (unpaired) electrons. The zero-order valence-corrected chi connectivity index (χ0v) is 12.8. The molecule has 2 atom stereocenters. The number of piperidine rings is 1. The Kier molecular flexibility index (Phi) is 4.10. The number of hydrogen-bond donors (Lipinski definition) is 0. The van der Waals surface area contributed by atoms with Gasteiger partial charge in [0.05, 0.1) is 4.47 Å². The lowest BCUT2D eigenvalue weighted by Crippen LogP contribution is -2.47. The van der Waals surface area contributed by atoms with Crippen LogP contribution in [0.3, 0.4) is 0 Å². The molecule has 0 aliphatic carbocycles. The first-order valence-corrected chi connectivity index (χ1v) is 7.39. The summed E-state index contributed by atoms with van der Waals surface area (Å²) < 4.78 is 2.58. The first-order valence-electron chi connectivity index (χ1n) is 6.60. The van der Waals surface area contributed by atoms with Crippen molar-refractivity contribution >= 4 is 21.8 Å². The maximum atomic E-state index is 12.6. The van der Waals surface area contributed by atoms with E-state index in [1.807, 2.05) is 18.0 Å². The molecular formula is C13H20BrN3O. The van der Waals surface area contributed by atoms with Crippen LogP contribution >= 0.6 is 15.9 Å². The van der Waals surface area contributed by atoms with Crippen LogP contribution in [0.5, 0.6) is 0 Å². The van der Waals surface area contributed by atoms with Gasteiger partial charge in [-0.1, -0.05) is 0 Å². The van der Waals surface area contributed by atoms with E-state index in [9.17, 15) is 4.79 Å². The Hall–Kier alpha value is -0.840. The summed E-state index contributed by atoms with van der Waals surface area (Å²) in [6.45, 7) is 7.04. The third-order valence-corrected chi connectivity index (χ3v) is 4.25. The minimum absolute atomic E-state index is 0.0498. The quantitative estimate of drug-likeness (QED) is 0.841. The molecule has 1 amide bonds. The van der Waals surface area contributed by atoms with Crippen molar-refractivity contribution in [1.29, 1.82) is 0 Å². The summed E-state index contributed by atoms with van der Waals surface area (Å²) in [6.07, 6.45) is 5.24. The smallest absolute Gasteiger partial charge is 0.276 e. The van der Waals surface area contributed by atoms with Gasteiger partial charge < -0.3 is 4.90 Å². The molecule has 1 aliphatic rings. The fourth-order valence-corrected chi connectivity index (χ4v) is 3.13. The first-order chi connectivity index (χ1) is 8.54. The Morgan fingerprint density at radius 3 is 2.56 bits per heavy atom. The van der Waals surface area contributed by atoms with Gasteiger partial charge in [-0.25, -0.2) is 0 Å². The largest absolute Gasteiger partial charge is 0.332 e. The van der Waals surface area contributed by atoms with Gasteiger partial charge >= 0.3 is 0 Å². The van der Waals surface area contributed by atoms with Crippen LogP contribution in [0.2, 0.25) is 0 Å². The summed E-state index contributed by atoms with van der Waals surface area (Å²) in [7, 11) is 0. The molecule has 1 aromatic rings. The van der Waals surface area contributed by atoms with Crippen LogP contribution < -0.4 is 0 Å². The summed E-state index contributed by atoms with van der Waals surface area (Å²) in [4.78, 5) is 14.6. The average molecular weight is 314 g/mol. The van der Waals surface area contributed by atoms with Crippen molar-refractivity contribution in [3.8, 4) is 0 Å². The van der Waals surface area contributed by atoms with Gasteiger partial charge in [-0.3, -0.25) is 9.48 Å². The Morgan fingerprint density at radius 2 is 2.06 bits per heavy atom. The predicted molar refractivity (Wildman–Crippen MR) is 74.5 cm³/mol. The molecule has 1 saturated heterocycles. The SMILES string of the molecule is CCn1cc(Br)c(C(=O)N2[C@H](C)CCC[C@H]2C)n1. The van der Waals surface area contributed by atoms with E-state index >= 15 is 0 Å². The Bertz CT molecular complexity index is 433. The van der Waals surface area contributed by atoms with E-state index in [4.69, 9.17) is 0 Å². The number of amides is 1. The van der Waals surface area contributed by atoms with Crippen molar-refractivity contribution in [3.05, 3.63) is 16.4 Å². The van der Waals surface area contributed by atoms with E-state index in [1.165, 1.54) is 6.42 Å². The number of rotatable bonds is 2. The maximum absolute atomic E-state index is 12.6. The van der Waals surface area contributed by atoms with E-state index in [2.05, 4.69) is 34.9 Å². The van der Waals surface area contributed by atoms with Gasteiger partial charge in [0.15, 0.2) is 5.69 Å². The second-order valence-electron chi connectivity index (χ2n) is 5.02. The molecule has 1 fully saturated rings. The lowest BCUT2D eigenvalue weighted by molar-refractivity contribution is 0.0503. The van der Waals surface area contributed by atoms with Crippen LogP contribution in [0.4, 0.5) is 0 Å². The summed E-state index contributed by atoms with van der Waals surface area (Å²) in [5.41, 5.74) is 0.539. The van der Waals surface area contributed by atoms with Gasteiger partial charge in [0.25, 0.3) is 5.91 Å². The molecule has 0 unspecified atom stereocenters. The molecule has 0 saturated carbocycles. The molecule has 1 aromatic heterocycles. The molecule has 0 N–H and O–H groups in total. The monoisotopic (exact) mass is 313 g/mol. The van der Waals surface area contributed by atoms with Crippen LogP contribution in [0.15, 0.2) is 10.7 Å². The van der Waals surface area contributed by atoms with Crippen molar-refractivity contribution in [2.45, 2.75) is 58.7 Å². The van der Waals surface area contributed by atoms with Crippen LogP contribution in [0.1, 0.15) is 50.5 Å². The molecule has 2 heterocycles. The number of carbonyl (C=O) groups excluding carboxylic acids is 1. The molecule has 100 valence electrons. The van der Waals surface area contributed by atoms with E-state index in [1.54, 1.807) is 4.68 Å². The zero-order valence-electron chi connectivity index (χ0n) is 11.2. The van der Waals surface area contributed by atoms with E-state index in [0.717, 1.165) is 23.9 Å². The highest BCUT2D eigenvalue weighted by Gasteiger charge is 2.31. The van der Waals surface area contributed by atoms with Crippen LogP contribution in [0.25, 0.3) is 0 Å². The number of likely N-dealkylation sites (tertiary alicyclic amines) is 1. The van der Waals surface area contributed by atoms with Crippen molar-refractivity contribution in [2.24, 2.45) is 0 Å². The highest BCUT2D eigenvalue weighted by atomic mass is 79.9. The molecule has 4 nitrogen and oxygen atoms in total. The summed E-state index contributed by atoms with van der Waals surface area (Å²) in [5, 5.41) is 4.35. The number of aryl methyl sites for hydroxylation is 1. The second-order valence-corrected chi connectivity index (χ2v) is 5.88. The zero-order chi connectivity index (χ0) is 13.3. The number of carbonyl (C=O) groups is 1. The van der Waals surface area contributed by atoms with Crippen LogP contribution in [0, 0.1) is 0 Å². The minimum atomic E-state index is 0.0498. The number of halogens is 1. The highest BCUT2D eigenvalue weighted by Crippen LogP contribution is 2.26. The van der Waals surface area contributed by atoms with Crippen molar-refractivity contribution in [1.82, 2.24) is 14.7 Å².